The Morgan fingerprint density at radius 3 is 2.56 bits per heavy atom. The summed E-state index contributed by atoms with van der Waals surface area (Å²) in [6.45, 7) is 6.90. The summed E-state index contributed by atoms with van der Waals surface area (Å²) in [6.07, 6.45) is 4.93. The van der Waals surface area contributed by atoms with Gasteiger partial charge >= 0.3 is 0 Å². The van der Waals surface area contributed by atoms with Crippen molar-refractivity contribution in [3.63, 3.8) is 0 Å². The summed E-state index contributed by atoms with van der Waals surface area (Å²) in [5.41, 5.74) is 0.780. The highest BCUT2D eigenvalue weighted by atomic mass is 16.5. The lowest BCUT2D eigenvalue weighted by atomic mass is 10.1. The van der Waals surface area contributed by atoms with Crippen molar-refractivity contribution in [3.8, 4) is 11.5 Å². The van der Waals surface area contributed by atoms with Gasteiger partial charge in [0.05, 0.1) is 20.8 Å². The van der Waals surface area contributed by atoms with E-state index in [1.54, 1.807) is 43.4 Å². The molecule has 1 heterocycles. The molecule has 27 heavy (non-hydrogen) atoms. The number of carbonyl (C=O) groups excluding carboxylic acids is 2. The van der Waals surface area contributed by atoms with Crippen LogP contribution in [0.4, 0.5) is 0 Å². The number of hydrogen-bond acceptors (Lipinski definition) is 5. The maximum absolute atomic E-state index is 12.5. The monoisotopic (exact) mass is 373 g/mol. The second kappa shape index (κ2) is 10.4. The minimum Gasteiger partial charge on any atom is -0.497 e. The van der Waals surface area contributed by atoms with Gasteiger partial charge in [-0.3, -0.25) is 14.5 Å². The number of hydrogen-bond donors (Lipinski definition) is 1. The van der Waals surface area contributed by atoms with Crippen molar-refractivity contribution >= 4 is 17.9 Å². The number of nitrogens with one attached hydrogen (secondary N) is 1. The molecule has 0 radical (unpaired) electrons. The molecule has 0 unspecified atom stereocenters. The standard InChI is InChI=1S/C20H27N3O4/c1-4-9-21-19(24)15-22-10-12-23(13-11-22)20(25)8-5-16-14-17(26-2)6-7-18(16)27-3/h4-8,14H,1,9-13,15H2,2-3H3,(H,21,24)/b8-5+. The smallest absolute Gasteiger partial charge is 0.246 e. The van der Waals surface area contributed by atoms with Crippen LogP contribution in [0, 0.1) is 0 Å². The molecule has 7 nitrogen and oxygen atoms in total. The molecule has 1 saturated heterocycles. The lowest BCUT2D eigenvalue weighted by Crippen LogP contribution is -2.50. The Hall–Kier alpha value is -2.80. The molecule has 0 aromatic heterocycles. The number of ether oxygens (including phenoxy) is 2. The Morgan fingerprint density at radius 2 is 1.93 bits per heavy atom. The SMILES string of the molecule is C=CCNC(=O)CN1CCN(C(=O)/C=C/c2cc(OC)ccc2OC)CC1. The maximum Gasteiger partial charge on any atom is 0.246 e. The molecule has 146 valence electrons. The minimum absolute atomic E-state index is 0.0281. The first kappa shape index (κ1) is 20.5. The zero-order valence-corrected chi connectivity index (χ0v) is 15.9. The number of piperazine rings is 1. The van der Waals surface area contributed by atoms with Gasteiger partial charge in [0.25, 0.3) is 0 Å². The van der Waals surface area contributed by atoms with E-state index in [0.29, 0.717) is 50.8 Å². The van der Waals surface area contributed by atoms with Crippen molar-refractivity contribution in [2.24, 2.45) is 0 Å². The van der Waals surface area contributed by atoms with Crippen LogP contribution in [0.2, 0.25) is 0 Å². The van der Waals surface area contributed by atoms with E-state index < -0.39 is 0 Å². The van der Waals surface area contributed by atoms with Crippen LogP contribution in [0.3, 0.4) is 0 Å². The van der Waals surface area contributed by atoms with Gasteiger partial charge in [0.1, 0.15) is 11.5 Å². The van der Waals surface area contributed by atoms with Gasteiger partial charge in [0.15, 0.2) is 0 Å². The Bertz CT molecular complexity index is 694. The fourth-order valence-electron chi connectivity index (χ4n) is 2.81. The van der Waals surface area contributed by atoms with Crippen LogP contribution in [0.1, 0.15) is 5.56 Å². The summed E-state index contributed by atoms with van der Waals surface area (Å²) in [5.74, 6) is 1.29. The first-order valence-corrected chi connectivity index (χ1v) is 8.86. The fourth-order valence-corrected chi connectivity index (χ4v) is 2.81. The van der Waals surface area contributed by atoms with E-state index >= 15 is 0 Å². The molecular formula is C20H27N3O4. The molecule has 0 atom stereocenters. The molecule has 1 aliphatic rings. The molecule has 1 fully saturated rings. The summed E-state index contributed by atoms with van der Waals surface area (Å²) in [4.78, 5) is 28.0. The second-order valence-electron chi connectivity index (χ2n) is 6.14. The number of benzene rings is 1. The molecule has 1 aromatic rings. The third kappa shape index (κ3) is 6.14. The normalized spacial score (nSPS) is 14.8. The van der Waals surface area contributed by atoms with E-state index in [9.17, 15) is 9.59 Å². The first-order valence-electron chi connectivity index (χ1n) is 8.86. The number of methoxy groups -OCH3 is 2. The largest absolute Gasteiger partial charge is 0.497 e. The van der Waals surface area contributed by atoms with Gasteiger partial charge in [-0.1, -0.05) is 6.08 Å². The molecule has 0 bridgehead atoms. The topological polar surface area (TPSA) is 71.1 Å². The quantitative estimate of drug-likeness (QED) is 0.547. The van der Waals surface area contributed by atoms with Crippen LogP contribution >= 0.6 is 0 Å². The molecule has 2 rings (SSSR count). The van der Waals surface area contributed by atoms with Gasteiger partial charge in [0.2, 0.25) is 11.8 Å². The Morgan fingerprint density at radius 1 is 1.19 bits per heavy atom. The highest BCUT2D eigenvalue weighted by Crippen LogP contribution is 2.25. The number of rotatable bonds is 8. The van der Waals surface area contributed by atoms with Gasteiger partial charge < -0.3 is 19.7 Å². The summed E-state index contributed by atoms with van der Waals surface area (Å²) >= 11 is 0. The predicted octanol–water partition coefficient (Wildman–Crippen LogP) is 1.16. The van der Waals surface area contributed by atoms with Gasteiger partial charge in [0, 0.05) is 44.4 Å². The van der Waals surface area contributed by atoms with E-state index in [1.165, 1.54) is 0 Å². The zero-order valence-electron chi connectivity index (χ0n) is 15.9. The summed E-state index contributed by atoms with van der Waals surface area (Å²) < 4.78 is 10.5. The summed E-state index contributed by atoms with van der Waals surface area (Å²) in [6, 6.07) is 5.43. The van der Waals surface area contributed by atoms with E-state index in [1.807, 2.05) is 17.0 Å². The zero-order chi connectivity index (χ0) is 19.6. The van der Waals surface area contributed by atoms with Crippen LogP contribution in [0.25, 0.3) is 6.08 Å². The van der Waals surface area contributed by atoms with Crippen molar-refractivity contribution in [2.45, 2.75) is 0 Å². The van der Waals surface area contributed by atoms with Gasteiger partial charge in [-0.15, -0.1) is 6.58 Å². The van der Waals surface area contributed by atoms with E-state index in [2.05, 4.69) is 11.9 Å². The van der Waals surface area contributed by atoms with Gasteiger partial charge in [-0.25, -0.2) is 0 Å². The van der Waals surface area contributed by atoms with Crippen molar-refractivity contribution in [1.29, 1.82) is 0 Å². The first-order chi connectivity index (χ1) is 13.1. The number of carbonyl (C=O) groups is 2. The summed E-state index contributed by atoms with van der Waals surface area (Å²) in [7, 11) is 3.18. The number of nitrogens with zero attached hydrogens (tertiary/aromatic N) is 2. The second-order valence-corrected chi connectivity index (χ2v) is 6.14. The van der Waals surface area contributed by atoms with Crippen LogP contribution < -0.4 is 14.8 Å². The number of amides is 2. The lowest BCUT2D eigenvalue weighted by Gasteiger charge is -2.33. The molecule has 0 saturated carbocycles. The van der Waals surface area contributed by atoms with Crippen molar-refractivity contribution in [1.82, 2.24) is 15.1 Å². The third-order valence-electron chi connectivity index (χ3n) is 4.34. The third-order valence-corrected chi connectivity index (χ3v) is 4.34. The molecule has 1 N–H and O–H groups in total. The lowest BCUT2D eigenvalue weighted by molar-refractivity contribution is -0.128. The Labute approximate surface area is 160 Å². The molecule has 1 aromatic carbocycles. The average molecular weight is 373 g/mol. The van der Waals surface area contributed by atoms with E-state index in [-0.39, 0.29) is 11.8 Å². The Balaban J connectivity index is 1.88. The van der Waals surface area contributed by atoms with Crippen molar-refractivity contribution in [3.05, 3.63) is 42.5 Å². The molecule has 0 aliphatic carbocycles. The van der Waals surface area contributed by atoms with Crippen LogP contribution in [0.15, 0.2) is 36.9 Å². The van der Waals surface area contributed by atoms with Crippen LogP contribution in [-0.2, 0) is 9.59 Å². The van der Waals surface area contributed by atoms with Crippen molar-refractivity contribution < 1.29 is 19.1 Å². The van der Waals surface area contributed by atoms with Crippen molar-refractivity contribution in [2.75, 3.05) is 53.5 Å². The minimum atomic E-state index is -0.0596. The molecular weight excluding hydrogens is 346 g/mol. The van der Waals surface area contributed by atoms with E-state index in [4.69, 9.17) is 9.47 Å². The van der Waals surface area contributed by atoms with Crippen LogP contribution in [-0.4, -0.2) is 75.1 Å². The maximum atomic E-state index is 12.5. The highest BCUT2D eigenvalue weighted by Gasteiger charge is 2.21. The van der Waals surface area contributed by atoms with Gasteiger partial charge in [-0.05, 0) is 24.3 Å². The molecule has 1 aliphatic heterocycles. The molecule has 0 spiro atoms. The Kier molecular flexibility index (Phi) is 7.88. The van der Waals surface area contributed by atoms with Crippen LogP contribution in [0.5, 0.6) is 11.5 Å². The summed E-state index contributed by atoms with van der Waals surface area (Å²) in [5, 5.41) is 2.76. The average Bonchev–Trinajstić information content (AvgIpc) is 2.70. The van der Waals surface area contributed by atoms with E-state index in [0.717, 1.165) is 5.56 Å². The molecule has 2 amide bonds. The predicted molar refractivity (Wildman–Crippen MR) is 105 cm³/mol. The molecule has 7 heteroatoms. The fraction of sp³-hybridized carbons (Fsp3) is 0.400. The van der Waals surface area contributed by atoms with Gasteiger partial charge in [-0.2, -0.15) is 0 Å². The highest BCUT2D eigenvalue weighted by molar-refractivity contribution is 5.92.